The quantitative estimate of drug-likeness (QED) is 0.703. The van der Waals surface area contributed by atoms with Crippen LogP contribution in [0.15, 0.2) is 0 Å². The Bertz CT molecular complexity index is 183. The molecular formula is C11H22N2. The molecule has 2 fully saturated rings. The fourth-order valence-electron chi connectivity index (χ4n) is 3.05. The van der Waals surface area contributed by atoms with E-state index in [1.807, 2.05) is 0 Å². The molecule has 1 saturated heterocycles. The second kappa shape index (κ2) is 3.25. The van der Waals surface area contributed by atoms with Crippen molar-refractivity contribution >= 4 is 0 Å². The van der Waals surface area contributed by atoms with E-state index in [4.69, 9.17) is 5.73 Å². The van der Waals surface area contributed by atoms with Crippen molar-refractivity contribution in [2.45, 2.75) is 51.1 Å². The van der Waals surface area contributed by atoms with Gasteiger partial charge < -0.3 is 5.73 Å². The first-order chi connectivity index (χ1) is 6.06. The molecule has 2 N–H and O–H groups in total. The minimum Gasteiger partial charge on any atom is -0.324 e. The highest BCUT2D eigenvalue weighted by Crippen LogP contribution is 2.37. The Morgan fingerprint density at radius 2 is 2.08 bits per heavy atom. The Balaban J connectivity index is 1.94. The third-order valence-corrected chi connectivity index (χ3v) is 3.49. The first kappa shape index (κ1) is 9.47. The summed E-state index contributed by atoms with van der Waals surface area (Å²) in [5.41, 5.74) is 6.04. The van der Waals surface area contributed by atoms with Crippen molar-refractivity contribution in [3.05, 3.63) is 0 Å². The number of likely N-dealkylation sites (tertiary alicyclic amines) is 1. The van der Waals surface area contributed by atoms with Crippen LogP contribution in [0.2, 0.25) is 0 Å². The number of hydrogen-bond donors (Lipinski definition) is 1. The van der Waals surface area contributed by atoms with Crippen LogP contribution in [-0.2, 0) is 0 Å². The molecule has 0 spiro atoms. The van der Waals surface area contributed by atoms with E-state index in [0.717, 1.165) is 18.5 Å². The molecule has 0 aromatic rings. The Labute approximate surface area is 81.5 Å². The summed E-state index contributed by atoms with van der Waals surface area (Å²) in [5, 5.41) is 0. The number of nitrogens with zero attached hydrogens (tertiary/aromatic N) is 1. The molecule has 0 aromatic heterocycles. The van der Waals surface area contributed by atoms with E-state index in [1.165, 1.54) is 32.2 Å². The molecule has 0 aromatic carbocycles. The highest BCUT2D eigenvalue weighted by Gasteiger charge is 2.38. The lowest BCUT2D eigenvalue weighted by Gasteiger charge is -2.30. The SMILES string of the molecule is CC(C)(N)CN1CCC2CCCC21. The van der Waals surface area contributed by atoms with Crippen LogP contribution >= 0.6 is 0 Å². The van der Waals surface area contributed by atoms with Crippen molar-refractivity contribution in [1.82, 2.24) is 4.90 Å². The van der Waals surface area contributed by atoms with E-state index in [2.05, 4.69) is 18.7 Å². The molecule has 2 heteroatoms. The highest BCUT2D eigenvalue weighted by molar-refractivity contribution is 4.94. The van der Waals surface area contributed by atoms with Crippen LogP contribution in [-0.4, -0.2) is 29.6 Å². The van der Waals surface area contributed by atoms with Crippen LogP contribution in [0, 0.1) is 5.92 Å². The molecule has 1 aliphatic heterocycles. The van der Waals surface area contributed by atoms with Gasteiger partial charge >= 0.3 is 0 Å². The van der Waals surface area contributed by atoms with E-state index in [9.17, 15) is 0 Å². The molecule has 1 aliphatic carbocycles. The summed E-state index contributed by atoms with van der Waals surface area (Å²) in [5.74, 6) is 1.00. The topological polar surface area (TPSA) is 29.3 Å². The first-order valence-corrected chi connectivity index (χ1v) is 5.59. The van der Waals surface area contributed by atoms with Crippen molar-refractivity contribution in [3.8, 4) is 0 Å². The minimum atomic E-state index is -0.0164. The second-order valence-corrected chi connectivity index (χ2v) is 5.51. The molecule has 2 rings (SSSR count). The lowest BCUT2D eigenvalue weighted by atomic mass is 10.0. The first-order valence-electron chi connectivity index (χ1n) is 5.59. The van der Waals surface area contributed by atoms with Crippen LogP contribution < -0.4 is 5.73 Å². The Hall–Kier alpha value is -0.0800. The zero-order valence-corrected chi connectivity index (χ0v) is 8.92. The standard InChI is InChI=1S/C11H22N2/c1-11(2,12)8-13-7-6-9-4-3-5-10(9)13/h9-10H,3-8,12H2,1-2H3. The van der Waals surface area contributed by atoms with Gasteiger partial charge in [-0.15, -0.1) is 0 Å². The highest BCUT2D eigenvalue weighted by atomic mass is 15.2. The summed E-state index contributed by atoms with van der Waals surface area (Å²) in [6.07, 6.45) is 5.74. The molecule has 1 heterocycles. The summed E-state index contributed by atoms with van der Waals surface area (Å²) in [7, 11) is 0. The fraction of sp³-hybridized carbons (Fsp3) is 1.00. The molecule has 76 valence electrons. The van der Waals surface area contributed by atoms with Gasteiger partial charge in [-0.3, -0.25) is 4.90 Å². The number of hydrogen-bond acceptors (Lipinski definition) is 2. The van der Waals surface area contributed by atoms with Gasteiger partial charge in [0.1, 0.15) is 0 Å². The van der Waals surface area contributed by atoms with Gasteiger partial charge in [-0.1, -0.05) is 6.42 Å². The van der Waals surface area contributed by atoms with Crippen molar-refractivity contribution in [2.75, 3.05) is 13.1 Å². The van der Waals surface area contributed by atoms with Gasteiger partial charge in [0.25, 0.3) is 0 Å². The van der Waals surface area contributed by atoms with Gasteiger partial charge in [-0.05, 0) is 45.6 Å². The van der Waals surface area contributed by atoms with Crippen molar-refractivity contribution in [3.63, 3.8) is 0 Å². The zero-order valence-electron chi connectivity index (χ0n) is 8.92. The van der Waals surface area contributed by atoms with Gasteiger partial charge in [-0.25, -0.2) is 0 Å². The molecule has 0 radical (unpaired) electrons. The van der Waals surface area contributed by atoms with Gasteiger partial charge in [0, 0.05) is 18.1 Å². The maximum absolute atomic E-state index is 6.06. The van der Waals surface area contributed by atoms with Gasteiger partial charge in [0.15, 0.2) is 0 Å². The van der Waals surface area contributed by atoms with Crippen LogP contribution in [0.25, 0.3) is 0 Å². The van der Waals surface area contributed by atoms with Crippen LogP contribution in [0.1, 0.15) is 39.5 Å². The summed E-state index contributed by atoms with van der Waals surface area (Å²) >= 11 is 0. The van der Waals surface area contributed by atoms with E-state index in [1.54, 1.807) is 0 Å². The number of rotatable bonds is 2. The van der Waals surface area contributed by atoms with E-state index in [0.29, 0.717) is 0 Å². The maximum atomic E-state index is 6.06. The summed E-state index contributed by atoms with van der Waals surface area (Å²) in [6.45, 7) is 6.63. The third kappa shape index (κ3) is 2.05. The average molecular weight is 182 g/mol. The smallest absolute Gasteiger partial charge is 0.0226 e. The van der Waals surface area contributed by atoms with Crippen molar-refractivity contribution in [2.24, 2.45) is 11.7 Å². The van der Waals surface area contributed by atoms with E-state index < -0.39 is 0 Å². The lowest BCUT2D eigenvalue weighted by molar-refractivity contribution is 0.200. The second-order valence-electron chi connectivity index (χ2n) is 5.51. The molecule has 1 saturated carbocycles. The Morgan fingerprint density at radius 3 is 2.77 bits per heavy atom. The van der Waals surface area contributed by atoms with Gasteiger partial charge in [0.05, 0.1) is 0 Å². The molecule has 2 aliphatic rings. The van der Waals surface area contributed by atoms with Crippen molar-refractivity contribution in [1.29, 1.82) is 0 Å². The molecule has 2 atom stereocenters. The number of fused-ring (bicyclic) bond motifs is 1. The molecule has 2 nitrogen and oxygen atoms in total. The third-order valence-electron chi connectivity index (χ3n) is 3.49. The zero-order chi connectivity index (χ0) is 9.47. The number of nitrogens with two attached hydrogens (primary N) is 1. The van der Waals surface area contributed by atoms with Crippen LogP contribution in [0.5, 0.6) is 0 Å². The molecule has 13 heavy (non-hydrogen) atoms. The molecule has 0 amide bonds. The predicted molar refractivity (Wildman–Crippen MR) is 55.6 cm³/mol. The van der Waals surface area contributed by atoms with Crippen LogP contribution in [0.3, 0.4) is 0 Å². The summed E-state index contributed by atoms with van der Waals surface area (Å²) in [6, 6.07) is 0.878. The normalized spacial score (nSPS) is 35.3. The molecule has 2 unspecified atom stereocenters. The van der Waals surface area contributed by atoms with Crippen molar-refractivity contribution < 1.29 is 0 Å². The minimum absolute atomic E-state index is 0.0164. The van der Waals surface area contributed by atoms with Gasteiger partial charge in [-0.2, -0.15) is 0 Å². The molecule has 0 bridgehead atoms. The van der Waals surface area contributed by atoms with E-state index in [-0.39, 0.29) is 5.54 Å². The Morgan fingerprint density at radius 1 is 1.31 bits per heavy atom. The Kier molecular flexibility index (Phi) is 2.37. The average Bonchev–Trinajstić information content (AvgIpc) is 2.50. The predicted octanol–water partition coefficient (Wildman–Crippen LogP) is 1.60. The molecular weight excluding hydrogens is 160 g/mol. The fourth-order valence-corrected chi connectivity index (χ4v) is 3.05. The van der Waals surface area contributed by atoms with E-state index >= 15 is 0 Å². The van der Waals surface area contributed by atoms with Crippen LogP contribution in [0.4, 0.5) is 0 Å². The maximum Gasteiger partial charge on any atom is 0.0226 e. The summed E-state index contributed by atoms with van der Waals surface area (Å²) in [4.78, 5) is 2.62. The summed E-state index contributed by atoms with van der Waals surface area (Å²) < 4.78 is 0. The lowest BCUT2D eigenvalue weighted by Crippen LogP contribution is -2.47. The largest absolute Gasteiger partial charge is 0.324 e. The van der Waals surface area contributed by atoms with Gasteiger partial charge in [0.2, 0.25) is 0 Å². The monoisotopic (exact) mass is 182 g/mol.